The van der Waals surface area contributed by atoms with Crippen molar-refractivity contribution in [1.82, 2.24) is 4.90 Å². The molecule has 1 amide bonds. The van der Waals surface area contributed by atoms with Crippen molar-refractivity contribution in [2.75, 3.05) is 7.05 Å². The van der Waals surface area contributed by atoms with Crippen LogP contribution in [0.1, 0.15) is 44.4 Å². The maximum absolute atomic E-state index is 12.3. The molecular weight excluding hydrogens is 236 g/mol. The molecule has 0 aliphatic carbocycles. The average Bonchev–Trinajstić information content (AvgIpc) is 2.36. The number of carbonyl (C=O) groups excluding carboxylic acids is 1. The molecule has 0 spiro atoms. The molecule has 0 saturated heterocycles. The summed E-state index contributed by atoms with van der Waals surface area (Å²) in [7, 11) is 1.83. The van der Waals surface area contributed by atoms with Crippen LogP contribution < -0.4 is 5.73 Å². The Morgan fingerprint density at radius 3 is 2.21 bits per heavy atom. The molecular formula is C16H26N2O. The summed E-state index contributed by atoms with van der Waals surface area (Å²) in [6.07, 6.45) is 0.726. The van der Waals surface area contributed by atoms with Crippen LogP contribution in [-0.2, 0) is 4.79 Å². The highest BCUT2D eigenvalue weighted by molar-refractivity contribution is 5.81. The van der Waals surface area contributed by atoms with Crippen LogP contribution in [0.5, 0.6) is 0 Å². The minimum Gasteiger partial charge on any atom is -0.338 e. The van der Waals surface area contributed by atoms with Crippen molar-refractivity contribution >= 4 is 5.91 Å². The summed E-state index contributed by atoms with van der Waals surface area (Å²) in [6, 6.07) is 7.91. The van der Waals surface area contributed by atoms with Crippen LogP contribution in [0.25, 0.3) is 0 Å². The van der Waals surface area contributed by atoms with Crippen molar-refractivity contribution < 1.29 is 4.79 Å². The molecule has 1 aromatic rings. The number of rotatable bonds is 5. The summed E-state index contributed by atoms with van der Waals surface area (Å²) in [6.45, 7) is 8.25. The Hall–Kier alpha value is -1.35. The fourth-order valence-electron chi connectivity index (χ4n) is 2.13. The van der Waals surface area contributed by atoms with Crippen LogP contribution in [0.3, 0.4) is 0 Å². The molecule has 0 bridgehead atoms. The first-order chi connectivity index (χ1) is 8.82. The second-order valence-corrected chi connectivity index (χ2v) is 5.77. The molecule has 0 aliphatic heterocycles. The molecule has 2 atom stereocenters. The first kappa shape index (κ1) is 15.7. The van der Waals surface area contributed by atoms with E-state index >= 15 is 0 Å². The van der Waals surface area contributed by atoms with Crippen molar-refractivity contribution in [2.45, 2.75) is 46.2 Å². The van der Waals surface area contributed by atoms with Gasteiger partial charge in [-0.25, -0.2) is 0 Å². The lowest BCUT2D eigenvalue weighted by atomic mass is 10.0. The zero-order chi connectivity index (χ0) is 14.6. The SMILES string of the molecule is Cc1ccc(C(C)N(C)C(=O)[C@@H](N)CC(C)C)cc1. The molecule has 1 aromatic carbocycles. The number of amides is 1. The molecule has 19 heavy (non-hydrogen) atoms. The number of hydrogen-bond donors (Lipinski definition) is 1. The zero-order valence-corrected chi connectivity index (χ0v) is 12.7. The maximum atomic E-state index is 12.3. The minimum absolute atomic E-state index is 0.0155. The Labute approximate surface area is 116 Å². The van der Waals surface area contributed by atoms with Gasteiger partial charge in [0, 0.05) is 7.05 Å². The highest BCUT2D eigenvalue weighted by atomic mass is 16.2. The third-order valence-electron chi connectivity index (χ3n) is 3.53. The van der Waals surface area contributed by atoms with E-state index in [1.165, 1.54) is 5.56 Å². The van der Waals surface area contributed by atoms with Gasteiger partial charge in [0.25, 0.3) is 0 Å². The van der Waals surface area contributed by atoms with Crippen molar-refractivity contribution in [3.05, 3.63) is 35.4 Å². The highest BCUT2D eigenvalue weighted by Crippen LogP contribution is 2.20. The number of carbonyl (C=O) groups is 1. The largest absolute Gasteiger partial charge is 0.338 e. The number of aryl methyl sites for hydroxylation is 1. The van der Waals surface area contributed by atoms with Crippen LogP contribution >= 0.6 is 0 Å². The van der Waals surface area contributed by atoms with Crippen LogP contribution in [-0.4, -0.2) is 23.9 Å². The number of nitrogens with zero attached hydrogens (tertiary/aromatic N) is 1. The molecule has 0 fully saturated rings. The van der Waals surface area contributed by atoms with Crippen LogP contribution in [0.4, 0.5) is 0 Å². The molecule has 2 N–H and O–H groups in total. The first-order valence-corrected chi connectivity index (χ1v) is 6.91. The standard InChI is InChI=1S/C16H26N2O/c1-11(2)10-15(17)16(19)18(5)13(4)14-8-6-12(3)7-9-14/h6-9,11,13,15H,10,17H2,1-5H3/t13?,15-/m0/s1. The summed E-state index contributed by atoms with van der Waals surface area (Å²) >= 11 is 0. The lowest BCUT2D eigenvalue weighted by molar-refractivity contribution is -0.133. The Kier molecular flexibility index (Phi) is 5.55. The summed E-state index contributed by atoms with van der Waals surface area (Å²) < 4.78 is 0. The minimum atomic E-state index is -0.405. The third-order valence-corrected chi connectivity index (χ3v) is 3.53. The van der Waals surface area contributed by atoms with E-state index in [1.807, 2.05) is 14.0 Å². The zero-order valence-electron chi connectivity index (χ0n) is 12.7. The maximum Gasteiger partial charge on any atom is 0.239 e. The fraction of sp³-hybridized carbons (Fsp3) is 0.562. The lowest BCUT2D eigenvalue weighted by Gasteiger charge is -2.28. The van der Waals surface area contributed by atoms with Crippen LogP contribution in [0.15, 0.2) is 24.3 Å². The predicted molar refractivity (Wildman–Crippen MR) is 79.8 cm³/mol. The number of hydrogen-bond acceptors (Lipinski definition) is 2. The predicted octanol–water partition coefficient (Wildman–Crippen LogP) is 2.89. The van der Waals surface area contributed by atoms with Gasteiger partial charge in [0.2, 0.25) is 5.91 Å². The van der Waals surface area contributed by atoms with E-state index in [2.05, 4.69) is 45.0 Å². The summed E-state index contributed by atoms with van der Waals surface area (Å²) in [5, 5.41) is 0. The van der Waals surface area contributed by atoms with Crippen LogP contribution in [0.2, 0.25) is 0 Å². The van der Waals surface area contributed by atoms with Gasteiger partial charge in [-0.2, -0.15) is 0 Å². The van der Waals surface area contributed by atoms with Gasteiger partial charge >= 0.3 is 0 Å². The van der Waals surface area contributed by atoms with Crippen LogP contribution in [0, 0.1) is 12.8 Å². The Morgan fingerprint density at radius 1 is 1.21 bits per heavy atom. The van der Waals surface area contributed by atoms with E-state index in [0.29, 0.717) is 5.92 Å². The Bertz CT molecular complexity index is 411. The molecule has 106 valence electrons. The normalized spacial score (nSPS) is 14.3. The lowest BCUT2D eigenvalue weighted by Crippen LogP contribution is -2.43. The van der Waals surface area contributed by atoms with Gasteiger partial charge in [0.1, 0.15) is 0 Å². The molecule has 0 saturated carbocycles. The van der Waals surface area contributed by atoms with E-state index in [1.54, 1.807) is 4.90 Å². The molecule has 0 aliphatic rings. The number of likely N-dealkylation sites (N-methyl/N-ethyl adjacent to an activating group) is 1. The second-order valence-electron chi connectivity index (χ2n) is 5.77. The van der Waals surface area contributed by atoms with Crippen molar-refractivity contribution in [3.63, 3.8) is 0 Å². The fourth-order valence-corrected chi connectivity index (χ4v) is 2.13. The molecule has 3 nitrogen and oxygen atoms in total. The van der Waals surface area contributed by atoms with Gasteiger partial charge in [0.05, 0.1) is 12.1 Å². The Morgan fingerprint density at radius 2 is 1.74 bits per heavy atom. The van der Waals surface area contributed by atoms with E-state index in [0.717, 1.165) is 12.0 Å². The van der Waals surface area contributed by atoms with Gasteiger partial charge in [0.15, 0.2) is 0 Å². The van der Waals surface area contributed by atoms with Gasteiger partial charge in [-0.3, -0.25) is 4.79 Å². The molecule has 3 heteroatoms. The smallest absolute Gasteiger partial charge is 0.239 e. The molecule has 1 unspecified atom stereocenters. The highest BCUT2D eigenvalue weighted by Gasteiger charge is 2.23. The summed E-state index contributed by atoms with van der Waals surface area (Å²) in [5.41, 5.74) is 8.33. The van der Waals surface area contributed by atoms with Gasteiger partial charge in [-0.1, -0.05) is 43.7 Å². The van der Waals surface area contributed by atoms with Crippen molar-refractivity contribution in [3.8, 4) is 0 Å². The molecule has 1 rings (SSSR count). The quantitative estimate of drug-likeness (QED) is 0.887. The molecule has 0 aromatic heterocycles. The van der Waals surface area contributed by atoms with E-state index in [9.17, 15) is 4.79 Å². The molecule has 0 heterocycles. The van der Waals surface area contributed by atoms with E-state index in [4.69, 9.17) is 5.73 Å². The van der Waals surface area contributed by atoms with Gasteiger partial charge in [-0.05, 0) is 31.7 Å². The number of nitrogens with two attached hydrogens (primary N) is 1. The summed E-state index contributed by atoms with van der Waals surface area (Å²) in [5.74, 6) is 0.448. The Balaban J connectivity index is 2.73. The van der Waals surface area contributed by atoms with E-state index < -0.39 is 6.04 Å². The van der Waals surface area contributed by atoms with E-state index in [-0.39, 0.29) is 11.9 Å². The number of benzene rings is 1. The van der Waals surface area contributed by atoms with Crippen molar-refractivity contribution in [2.24, 2.45) is 11.7 Å². The van der Waals surface area contributed by atoms with Crippen molar-refractivity contribution in [1.29, 1.82) is 0 Å². The first-order valence-electron chi connectivity index (χ1n) is 6.91. The topological polar surface area (TPSA) is 46.3 Å². The monoisotopic (exact) mass is 262 g/mol. The second kappa shape index (κ2) is 6.71. The van der Waals surface area contributed by atoms with Gasteiger partial charge < -0.3 is 10.6 Å². The average molecular weight is 262 g/mol. The molecule has 0 radical (unpaired) electrons. The van der Waals surface area contributed by atoms with Gasteiger partial charge in [-0.15, -0.1) is 0 Å². The summed E-state index contributed by atoms with van der Waals surface area (Å²) in [4.78, 5) is 14.0. The third kappa shape index (κ3) is 4.35.